The molecule has 0 saturated carbocycles. The molecule has 1 saturated heterocycles. The van der Waals surface area contributed by atoms with Gasteiger partial charge in [-0.25, -0.2) is 0 Å². The van der Waals surface area contributed by atoms with E-state index in [0.717, 1.165) is 43.5 Å². The van der Waals surface area contributed by atoms with Gasteiger partial charge in [0.2, 0.25) is 0 Å². The van der Waals surface area contributed by atoms with Gasteiger partial charge in [0.15, 0.2) is 0 Å². The van der Waals surface area contributed by atoms with Crippen molar-refractivity contribution >= 4 is 23.6 Å². The number of carbonyl (C=O) groups is 1. The molecule has 1 aliphatic rings. The highest BCUT2D eigenvalue weighted by Gasteiger charge is 2.38. The number of halogens is 1. The number of hydrogen-bond acceptors (Lipinski definition) is 3. The maximum Gasteiger partial charge on any atom is 0.130 e. The molecule has 1 N–H and O–H groups in total. The Kier molecular flexibility index (Phi) is 4.71. The zero-order valence-electron chi connectivity index (χ0n) is 12.4. The van der Waals surface area contributed by atoms with Crippen molar-refractivity contribution in [3.05, 3.63) is 28.8 Å². The normalized spacial score (nSPS) is 19.1. The smallest absolute Gasteiger partial charge is 0.130 e. The van der Waals surface area contributed by atoms with Gasteiger partial charge in [0, 0.05) is 23.8 Å². The first-order valence-electron chi connectivity index (χ1n) is 7.20. The Morgan fingerprint density at radius 3 is 2.50 bits per heavy atom. The number of rotatable bonds is 4. The fraction of sp³-hybridized carbons (Fsp3) is 0.562. The van der Waals surface area contributed by atoms with Gasteiger partial charge in [-0.1, -0.05) is 11.6 Å². The predicted octanol–water partition coefficient (Wildman–Crippen LogP) is 3.32. The van der Waals surface area contributed by atoms with E-state index in [1.54, 1.807) is 0 Å². The Hall–Kier alpha value is -1.06. The topological polar surface area (TPSA) is 32.3 Å². The summed E-state index contributed by atoms with van der Waals surface area (Å²) in [5.41, 5.74) is 1.62. The first kappa shape index (κ1) is 15.3. The van der Waals surface area contributed by atoms with Crippen molar-refractivity contribution < 1.29 is 4.79 Å². The average Bonchev–Trinajstić information content (AvgIpc) is 2.47. The van der Waals surface area contributed by atoms with E-state index < -0.39 is 5.41 Å². The number of aldehydes is 1. The zero-order valence-corrected chi connectivity index (χ0v) is 13.2. The standard InChI is InChI=1S/C16H23ClN2O/c1-12(2)19-8-6-16(11-20,7-9-19)14-10-13(17)4-5-15(14)18-3/h4-5,10-12,18H,6-9H2,1-3H3. The van der Waals surface area contributed by atoms with Crippen molar-refractivity contribution in [2.45, 2.75) is 38.1 Å². The largest absolute Gasteiger partial charge is 0.388 e. The molecule has 110 valence electrons. The van der Waals surface area contributed by atoms with Gasteiger partial charge in [-0.2, -0.15) is 0 Å². The van der Waals surface area contributed by atoms with Crippen LogP contribution >= 0.6 is 11.6 Å². The van der Waals surface area contributed by atoms with Crippen molar-refractivity contribution in [3.63, 3.8) is 0 Å². The molecule has 0 bridgehead atoms. The number of nitrogens with zero attached hydrogens (tertiary/aromatic N) is 1. The molecule has 1 aliphatic heterocycles. The molecule has 1 aromatic carbocycles. The number of likely N-dealkylation sites (tertiary alicyclic amines) is 1. The quantitative estimate of drug-likeness (QED) is 0.865. The maximum atomic E-state index is 11.8. The molecule has 0 amide bonds. The van der Waals surface area contributed by atoms with Crippen molar-refractivity contribution in [2.75, 3.05) is 25.5 Å². The van der Waals surface area contributed by atoms with Gasteiger partial charge in [0.1, 0.15) is 6.29 Å². The molecule has 0 aliphatic carbocycles. The van der Waals surface area contributed by atoms with Crippen molar-refractivity contribution in [1.29, 1.82) is 0 Å². The summed E-state index contributed by atoms with van der Waals surface area (Å²) in [6, 6.07) is 6.28. The fourth-order valence-electron chi connectivity index (χ4n) is 3.04. The van der Waals surface area contributed by atoms with E-state index in [-0.39, 0.29) is 0 Å². The van der Waals surface area contributed by atoms with Crippen LogP contribution in [0.1, 0.15) is 32.3 Å². The van der Waals surface area contributed by atoms with Gasteiger partial charge < -0.3 is 15.0 Å². The van der Waals surface area contributed by atoms with E-state index in [2.05, 4.69) is 24.1 Å². The third kappa shape index (κ3) is 2.84. The van der Waals surface area contributed by atoms with E-state index in [1.165, 1.54) is 0 Å². The number of benzene rings is 1. The minimum Gasteiger partial charge on any atom is -0.388 e. The van der Waals surface area contributed by atoms with E-state index >= 15 is 0 Å². The SMILES string of the molecule is CNc1ccc(Cl)cc1C1(C=O)CCN(C(C)C)CC1. The van der Waals surface area contributed by atoms with Crippen molar-refractivity contribution in [1.82, 2.24) is 4.90 Å². The molecule has 20 heavy (non-hydrogen) atoms. The van der Waals surface area contributed by atoms with Crippen molar-refractivity contribution in [2.24, 2.45) is 0 Å². The lowest BCUT2D eigenvalue weighted by atomic mass is 9.73. The minimum atomic E-state index is -0.408. The molecule has 2 rings (SSSR count). The summed E-state index contributed by atoms with van der Waals surface area (Å²) in [6.07, 6.45) is 2.82. The highest BCUT2D eigenvalue weighted by molar-refractivity contribution is 6.30. The van der Waals surface area contributed by atoms with Crippen LogP contribution < -0.4 is 5.32 Å². The summed E-state index contributed by atoms with van der Waals surface area (Å²) in [5, 5.41) is 3.87. The molecule has 3 nitrogen and oxygen atoms in total. The summed E-state index contributed by atoms with van der Waals surface area (Å²) in [4.78, 5) is 14.3. The second-order valence-electron chi connectivity index (χ2n) is 5.84. The molecule has 1 aromatic rings. The molecular weight excluding hydrogens is 272 g/mol. The molecule has 0 unspecified atom stereocenters. The highest BCUT2D eigenvalue weighted by Crippen LogP contribution is 2.39. The highest BCUT2D eigenvalue weighted by atomic mass is 35.5. The molecule has 0 atom stereocenters. The molecule has 0 spiro atoms. The second-order valence-corrected chi connectivity index (χ2v) is 6.28. The summed E-state index contributed by atoms with van der Waals surface area (Å²) in [7, 11) is 1.88. The van der Waals surface area contributed by atoms with Crippen LogP contribution in [0.15, 0.2) is 18.2 Å². The molecule has 1 heterocycles. The summed E-state index contributed by atoms with van der Waals surface area (Å²) in [6.45, 7) is 6.30. The Morgan fingerprint density at radius 1 is 1.35 bits per heavy atom. The monoisotopic (exact) mass is 294 g/mol. The van der Waals surface area contributed by atoms with Crippen LogP contribution in [0.5, 0.6) is 0 Å². The maximum absolute atomic E-state index is 11.8. The van der Waals surface area contributed by atoms with Gasteiger partial charge in [-0.05, 0) is 63.5 Å². The average molecular weight is 295 g/mol. The van der Waals surface area contributed by atoms with Crippen LogP contribution in [0.25, 0.3) is 0 Å². The third-order valence-electron chi connectivity index (χ3n) is 4.43. The zero-order chi connectivity index (χ0) is 14.8. The van der Waals surface area contributed by atoms with Crippen molar-refractivity contribution in [3.8, 4) is 0 Å². The first-order valence-corrected chi connectivity index (χ1v) is 7.58. The summed E-state index contributed by atoms with van der Waals surface area (Å²) >= 11 is 6.14. The molecular formula is C16H23ClN2O. The molecule has 0 radical (unpaired) electrons. The number of nitrogens with one attached hydrogen (secondary N) is 1. The molecule has 0 aromatic heterocycles. The number of carbonyl (C=O) groups excluding carboxylic acids is 1. The van der Waals surface area contributed by atoms with Crippen LogP contribution in [0.2, 0.25) is 5.02 Å². The summed E-state index contributed by atoms with van der Waals surface area (Å²) < 4.78 is 0. The molecule has 4 heteroatoms. The van der Waals surface area contributed by atoms with E-state index in [1.807, 2.05) is 25.2 Å². The Morgan fingerprint density at radius 2 is 2.00 bits per heavy atom. The van der Waals surface area contributed by atoms with E-state index in [9.17, 15) is 4.79 Å². The van der Waals surface area contributed by atoms with Crippen LogP contribution in [-0.4, -0.2) is 37.4 Å². The number of anilines is 1. The number of piperidine rings is 1. The van der Waals surface area contributed by atoms with E-state index in [0.29, 0.717) is 11.1 Å². The van der Waals surface area contributed by atoms with Crippen LogP contribution in [0, 0.1) is 0 Å². The number of hydrogen-bond donors (Lipinski definition) is 1. The lowest BCUT2D eigenvalue weighted by Gasteiger charge is -2.41. The van der Waals surface area contributed by atoms with Gasteiger partial charge in [0.25, 0.3) is 0 Å². The second kappa shape index (κ2) is 6.15. The van der Waals surface area contributed by atoms with Gasteiger partial charge in [-0.15, -0.1) is 0 Å². The Bertz CT molecular complexity index is 479. The first-order chi connectivity index (χ1) is 9.52. The Labute approximate surface area is 126 Å². The van der Waals surface area contributed by atoms with Crippen LogP contribution in [-0.2, 0) is 10.2 Å². The lowest BCUT2D eigenvalue weighted by Crippen LogP contribution is -2.46. The van der Waals surface area contributed by atoms with Gasteiger partial charge in [0.05, 0.1) is 5.41 Å². The van der Waals surface area contributed by atoms with Gasteiger partial charge in [-0.3, -0.25) is 0 Å². The predicted molar refractivity (Wildman–Crippen MR) is 84.7 cm³/mol. The minimum absolute atomic E-state index is 0.408. The van der Waals surface area contributed by atoms with Crippen LogP contribution in [0.3, 0.4) is 0 Å². The molecule has 1 fully saturated rings. The third-order valence-corrected chi connectivity index (χ3v) is 4.67. The van der Waals surface area contributed by atoms with Crippen LogP contribution in [0.4, 0.5) is 5.69 Å². The van der Waals surface area contributed by atoms with E-state index in [4.69, 9.17) is 11.6 Å². The fourth-order valence-corrected chi connectivity index (χ4v) is 3.21. The Balaban J connectivity index is 2.33. The lowest BCUT2D eigenvalue weighted by molar-refractivity contribution is -0.114. The van der Waals surface area contributed by atoms with Gasteiger partial charge >= 0.3 is 0 Å². The summed E-state index contributed by atoms with van der Waals surface area (Å²) in [5.74, 6) is 0.